The van der Waals surface area contributed by atoms with E-state index in [0.29, 0.717) is 36.0 Å². The molecule has 0 spiro atoms. The van der Waals surface area contributed by atoms with Gasteiger partial charge in [0.05, 0.1) is 5.75 Å². The van der Waals surface area contributed by atoms with Crippen LogP contribution in [0.2, 0.25) is 5.02 Å². The topological polar surface area (TPSA) is 74.3 Å². The summed E-state index contributed by atoms with van der Waals surface area (Å²) in [7, 11) is 0. The van der Waals surface area contributed by atoms with Crippen molar-refractivity contribution in [3.05, 3.63) is 64.4 Å². The van der Waals surface area contributed by atoms with Crippen LogP contribution in [0.25, 0.3) is 0 Å². The Labute approximate surface area is 224 Å². The summed E-state index contributed by atoms with van der Waals surface area (Å²) in [6.45, 7) is 5.94. The fraction of sp³-hybridized carbons (Fsp3) is 0.409. The first kappa shape index (κ1) is 28.4. The van der Waals surface area contributed by atoms with Crippen LogP contribution in [0.3, 0.4) is 0 Å². The molecule has 1 saturated heterocycles. The Kier molecular flexibility index (Phi) is 11.9. The first-order valence-corrected chi connectivity index (χ1v) is 11.4. The van der Waals surface area contributed by atoms with Crippen LogP contribution in [0.5, 0.6) is 5.75 Å². The molecule has 2 aromatic rings. The molecule has 11 heteroatoms. The summed E-state index contributed by atoms with van der Waals surface area (Å²) < 4.78 is 23.2. The van der Waals surface area contributed by atoms with Gasteiger partial charge in [-0.2, -0.15) is 4.33 Å². The standard InChI is InChI=1S/C22H26ClFN2O5S.Na/c1-15-11-26(16(2)10-25(15)12-17-3-6-20(24)7-4-17)22(27)13-29-21-8-5-19(23)9-18(21)14-32-31-30-28;/h3-9,15-16,28H,10-14H2,1-2H3;/q;+1/p-1/t15-,16+;/m0./s1. The van der Waals surface area contributed by atoms with Crippen LogP contribution in [0.15, 0.2) is 42.5 Å². The van der Waals surface area contributed by atoms with Crippen molar-refractivity contribution in [3.63, 3.8) is 0 Å². The van der Waals surface area contributed by atoms with Gasteiger partial charge in [-0.25, -0.2) is 4.39 Å². The van der Waals surface area contributed by atoms with E-state index in [2.05, 4.69) is 21.2 Å². The smallest absolute Gasteiger partial charge is 0.691 e. The SMILES string of the molecule is C[C@@H]1CN(Cc2ccc(F)cc2)[C@@H](C)CN1C(=O)COc1ccc(Cl)cc1CSOO[O-].[Na+]. The van der Waals surface area contributed by atoms with E-state index in [1.165, 1.54) is 12.1 Å². The Bertz CT molecular complexity index is 911. The molecule has 0 saturated carbocycles. The number of benzene rings is 2. The van der Waals surface area contributed by atoms with Crippen LogP contribution in [0.4, 0.5) is 4.39 Å². The Morgan fingerprint density at radius 3 is 2.61 bits per heavy atom. The number of rotatable bonds is 9. The maximum atomic E-state index is 13.2. The van der Waals surface area contributed by atoms with E-state index in [1.807, 2.05) is 11.8 Å². The van der Waals surface area contributed by atoms with Crippen molar-refractivity contribution in [2.24, 2.45) is 0 Å². The Morgan fingerprint density at radius 2 is 1.91 bits per heavy atom. The van der Waals surface area contributed by atoms with E-state index in [9.17, 15) is 14.4 Å². The minimum absolute atomic E-state index is 0. The zero-order chi connectivity index (χ0) is 23.1. The number of carbonyl (C=O) groups excluding carboxylic acids is 1. The van der Waals surface area contributed by atoms with Gasteiger partial charge in [0, 0.05) is 54.3 Å². The number of carbonyl (C=O) groups is 1. The van der Waals surface area contributed by atoms with Crippen LogP contribution in [0, 0.1) is 5.82 Å². The molecule has 33 heavy (non-hydrogen) atoms. The predicted molar refractivity (Wildman–Crippen MR) is 118 cm³/mol. The predicted octanol–water partition coefficient (Wildman–Crippen LogP) is 0.355. The van der Waals surface area contributed by atoms with Crippen molar-refractivity contribution >= 4 is 29.6 Å². The van der Waals surface area contributed by atoms with Gasteiger partial charge >= 0.3 is 29.6 Å². The van der Waals surface area contributed by atoms with Gasteiger partial charge in [-0.15, -0.1) is 0 Å². The number of hydrogen-bond acceptors (Lipinski definition) is 7. The molecule has 0 radical (unpaired) electrons. The summed E-state index contributed by atoms with van der Waals surface area (Å²) >= 11 is 6.83. The van der Waals surface area contributed by atoms with Crippen molar-refractivity contribution in [1.82, 2.24) is 9.80 Å². The summed E-state index contributed by atoms with van der Waals surface area (Å²) in [6.07, 6.45) is 0. The van der Waals surface area contributed by atoms with E-state index in [1.54, 1.807) is 30.3 Å². The maximum Gasteiger partial charge on any atom is 1.00 e. The van der Waals surface area contributed by atoms with Crippen molar-refractivity contribution in [3.8, 4) is 5.75 Å². The second-order valence-electron chi connectivity index (χ2n) is 7.74. The Hall–Kier alpha value is -0.880. The van der Waals surface area contributed by atoms with E-state index in [0.717, 1.165) is 17.6 Å². The van der Waals surface area contributed by atoms with Crippen LogP contribution in [-0.4, -0.2) is 47.5 Å². The van der Waals surface area contributed by atoms with Gasteiger partial charge in [-0.3, -0.25) is 14.7 Å². The van der Waals surface area contributed by atoms with Crippen molar-refractivity contribution in [1.29, 1.82) is 0 Å². The number of nitrogens with zero attached hydrogens (tertiary/aromatic N) is 2. The molecule has 0 N–H and O–H groups in total. The van der Waals surface area contributed by atoms with E-state index in [4.69, 9.17) is 16.3 Å². The number of amides is 1. The van der Waals surface area contributed by atoms with E-state index < -0.39 is 0 Å². The first-order chi connectivity index (χ1) is 15.4. The third-order valence-electron chi connectivity index (χ3n) is 5.40. The minimum Gasteiger partial charge on any atom is -0.691 e. The van der Waals surface area contributed by atoms with Crippen LogP contribution in [0.1, 0.15) is 25.0 Å². The second kappa shape index (κ2) is 13.9. The number of piperazine rings is 1. The minimum atomic E-state index is -0.251. The summed E-state index contributed by atoms with van der Waals surface area (Å²) in [4.78, 5) is 17.0. The van der Waals surface area contributed by atoms with Crippen LogP contribution in [-0.2, 0) is 26.5 Å². The van der Waals surface area contributed by atoms with Gasteiger partial charge in [0.15, 0.2) is 6.61 Å². The van der Waals surface area contributed by atoms with Crippen LogP contribution >= 0.6 is 23.6 Å². The zero-order valence-corrected chi connectivity index (χ0v) is 22.4. The molecule has 7 nitrogen and oxygen atoms in total. The third kappa shape index (κ3) is 8.38. The fourth-order valence-corrected chi connectivity index (χ4v) is 4.36. The van der Waals surface area contributed by atoms with Gasteiger partial charge in [0.1, 0.15) is 11.6 Å². The quantitative estimate of drug-likeness (QED) is 0.160. The second-order valence-corrected chi connectivity index (χ2v) is 8.84. The molecule has 1 heterocycles. The Balaban J connectivity index is 0.00000385. The first-order valence-electron chi connectivity index (χ1n) is 10.1. The maximum absolute atomic E-state index is 13.2. The normalized spacial score (nSPS) is 18.6. The molecule has 174 valence electrons. The van der Waals surface area contributed by atoms with E-state index in [-0.39, 0.29) is 65.7 Å². The van der Waals surface area contributed by atoms with Crippen molar-refractivity contribution in [2.75, 3.05) is 19.7 Å². The molecule has 0 bridgehead atoms. The molecule has 2 atom stereocenters. The largest absolute Gasteiger partial charge is 1.00 e. The van der Waals surface area contributed by atoms with Gasteiger partial charge in [-0.1, -0.05) is 23.7 Å². The van der Waals surface area contributed by atoms with E-state index >= 15 is 0 Å². The summed E-state index contributed by atoms with van der Waals surface area (Å²) in [5, 5.41) is 13.8. The molecular formula is C22H25ClFN2NaO5S. The molecule has 1 aliphatic heterocycles. The molecule has 1 aliphatic rings. The average molecular weight is 507 g/mol. The fourth-order valence-electron chi connectivity index (χ4n) is 3.72. The van der Waals surface area contributed by atoms with Gasteiger partial charge in [0.2, 0.25) is 0 Å². The van der Waals surface area contributed by atoms with Gasteiger partial charge < -0.3 is 14.9 Å². The molecular weight excluding hydrogens is 482 g/mol. The third-order valence-corrected chi connectivity index (χ3v) is 6.21. The monoisotopic (exact) mass is 506 g/mol. The van der Waals surface area contributed by atoms with Crippen molar-refractivity contribution in [2.45, 2.75) is 38.2 Å². The molecule has 1 fully saturated rings. The molecule has 0 unspecified atom stereocenters. The molecule has 3 rings (SSSR count). The van der Waals surface area contributed by atoms with Gasteiger partial charge in [-0.05, 0) is 49.7 Å². The molecule has 2 aromatic carbocycles. The van der Waals surface area contributed by atoms with Gasteiger partial charge in [0.25, 0.3) is 5.91 Å². The Morgan fingerprint density at radius 1 is 1.18 bits per heavy atom. The average Bonchev–Trinajstić information content (AvgIpc) is 2.77. The summed E-state index contributed by atoms with van der Waals surface area (Å²) in [6, 6.07) is 11.7. The van der Waals surface area contributed by atoms with Crippen LogP contribution < -0.4 is 39.6 Å². The van der Waals surface area contributed by atoms with Crippen molar-refractivity contribution < 1.29 is 58.1 Å². The number of hydrogen-bond donors (Lipinski definition) is 0. The summed E-state index contributed by atoms with van der Waals surface area (Å²) in [5.74, 6) is 0.389. The number of ether oxygens (including phenoxy) is 1. The summed E-state index contributed by atoms with van der Waals surface area (Å²) in [5.41, 5.74) is 1.71. The molecule has 1 amide bonds. The number of halogens is 2. The molecule has 0 aromatic heterocycles. The zero-order valence-electron chi connectivity index (χ0n) is 18.8. The molecule has 0 aliphatic carbocycles.